The summed E-state index contributed by atoms with van der Waals surface area (Å²) in [6.45, 7) is 5.57. The number of nitrogens with one attached hydrogen (secondary N) is 2. The maximum atomic E-state index is 11.7. The van der Waals surface area contributed by atoms with Crippen molar-refractivity contribution in [2.75, 3.05) is 6.54 Å². The van der Waals surface area contributed by atoms with Crippen molar-refractivity contribution in [1.29, 1.82) is 0 Å². The Kier molecular flexibility index (Phi) is 4.99. The van der Waals surface area contributed by atoms with Crippen molar-refractivity contribution in [3.63, 3.8) is 0 Å². The first-order valence-electron chi connectivity index (χ1n) is 5.82. The summed E-state index contributed by atoms with van der Waals surface area (Å²) in [6, 6.07) is 7.04. The van der Waals surface area contributed by atoms with E-state index in [-0.39, 0.29) is 12.6 Å². The van der Waals surface area contributed by atoms with Gasteiger partial charge < -0.3 is 15.7 Å². The van der Waals surface area contributed by atoms with E-state index in [9.17, 15) is 4.79 Å². The third-order valence-electron chi connectivity index (χ3n) is 2.53. The first-order chi connectivity index (χ1) is 8.33. The molecule has 1 aromatic rings. The highest BCUT2D eigenvalue weighted by atomic mass is 35.5. The molecule has 18 heavy (non-hydrogen) atoms. The highest BCUT2D eigenvalue weighted by molar-refractivity contribution is 6.31. The van der Waals surface area contributed by atoms with E-state index in [0.29, 0.717) is 5.02 Å². The molecular formula is C13H19ClN2O2. The van der Waals surface area contributed by atoms with Gasteiger partial charge in [-0.15, -0.1) is 0 Å². The minimum absolute atomic E-state index is 0.213. The number of carbonyl (C=O) groups excluding carboxylic acids is 1. The van der Waals surface area contributed by atoms with Gasteiger partial charge in [-0.3, -0.25) is 0 Å². The van der Waals surface area contributed by atoms with Gasteiger partial charge in [0, 0.05) is 11.6 Å². The van der Waals surface area contributed by atoms with Crippen LogP contribution in [0.1, 0.15) is 26.3 Å². The van der Waals surface area contributed by atoms with Gasteiger partial charge in [-0.05, 0) is 32.4 Å². The maximum absolute atomic E-state index is 11.7. The van der Waals surface area contributed by atoms with Crippen LogP contribution < -0.4 is 10.6 Å². The van der Waals surface area contributed by atoms with Gasteiger partial charge in [0.15, 0.2) is 0 Å². The molecule has 1 atom stereocenters. The lowest BCUT2D eigenvalue weighted by Crippen LogP contribution is -2.48. The quantitative estimate of drug-likeness (QED) is 0.786. The number of amides is 2. The molecule has 5 heteroatoms. The molecule has 1 rings (SSSR count). The monoisotopic (exact) mass is 270 g/mol. The predicted molar refractivity (Wildman–Crippen MR) is 72.7 cm³/mol. The highest BCUT2D eigenvalue weighted by Gasteiger charge is 2.24. The number of hydrogen-bond donors (Lipinski definition) is 3. The van der Waals surface area contributed by atoms with E-state index in [0.717, 1.165) is 5.56 Å². The number of hydrogen-bond acceptors (Lipinski definition) is 2. The molecule has 4 nitrogen and oxygen atoms in total. The molecule has 100 valence electrons. The van der Waals surface area contributed by atoms with Crippen molar-refractivity contribution < 1.29 is 9.90 Å². The molecule has 0 saturated heterocycles. The van der Waals surface area contributed by atoms with Crippen LogP contribution in [-0.4, -0.2) is 23.8 Å². The zero-order valence-corrected chi connectivity index (χ0v) is 11.6. The minimum Gasteiger partial charge on any atom is -0.392 e. The molecule has 0 aromatic heterocycles. The molecule has 0 fully saturated rings. The zero-order chi connectivity index (χ0) is 13.8. The van der Waals surface area contributed by atoms with Crippen molar-refractivity contribution in [3.05, 3.63) is 34.9 Å². The van der Waals surface area contributed by atoms with E-state index in [1.54, 1.807) is 13.0 Å². The van der Waals surface area contributed by atoms with Crippen LogP contribution in [0.15, 0.2) is 24.3 Å². The van der Waals surface area contributed by atoms with Crippen LogP contribution in [0.3, 0.4) is 0 Å². The van der Waals surface area contributed by atoms with E-state index in [1.807, 2.05) is 32.0 Å². The van der Waals surface area contributed by atoms with Crippen LogP contribution in [0.25, 0.3) is 0 Å². The van der Waals surface area contributed by atoms with Crippen LogP contribution in [0.4, 0.5) is 4.79 Å². The molecule has 1 aromatic carbocycles. The molecule has 0 aliphatic rings. The fraction of sp³-hybridized carbons (Fsp3) is 0.462. The average molecular weight is 271 g/mol. The Labute approximate surface area is 112 Å². The molecule has 3 N–H and O–H groups in total. The fourth-order valence-electron chi connectivity index (χ4n) is 1.60. The maximum Gasteiger partial charge on any atom is 0.315 e. The summed E-state index contributed by atoms with van der Waals surface area (Å²) >= 11 is 6.11. The van der Waals surface area contributed by atoms with E-state index < -0.39 is 11.6 Å². The number of benzene rings is 1. The zero-order valence-electron chi connectivity index (χ0n) is 10.8. The van der Waals surface area contributed by atoms with Crippen molar-refractivity contribution in [2.24, 2.45) is 0 Å². The Hall–Kier alpha value is -1.26. The van der Waals surface area contributed by atoms with Crippen molar-refractivity contribution in [2.45, 2.75) is 32.4 Å². The van der Waals surface area contributed by atoms with Gasteiger partial charge in [-0.1, -0.05) is 29.8 Å². The molecule has 1 unspecified atom stereocenters. The van der Waals surface area contributed by atoms with Gasteiger partial charge >= 0.3 is 6.03 Å². The number of rotatable bonds is 4. The van der Waals surface area contributed by atoms with E-state index >= 15 is 0 Å². The molecule has 0 saturated carbocycles. The summed E-state index contributed by atoms with van der Waals surface area (Å²) in [4.78, 5) is 11.7. The van der Waals surface area contributed by atoms with E-state index in [1.165, 1.54) is 0 Å². The van der Waals surface area contributed by atoms with Crippen LogP contribution in [0, 0.1) is 0 Å². The number of urea groups is 1. The van der Waals surface area contributed by atoms with Gasteiger partial charge in [0.2, 0.25) is 0 Å². The third-order valence-corrected chi connectivity index (χ3v) is 2.86. The summed E-state index contributed by atoms with van der Waals surface area (Å²) in [5.41, 5.74) is 0.264. The minimum atomic E-state index is -0.582. The van der Waals surface area contributed by atoms with Crippen LogP contribution >= 0.6 is 11.6 Å². The molecule has 0 aliphatic carbocycles. The van der Waals surface area contributed by atoms with Crippen molar-refractivity contribution >= 4 is 17.6 Å². The topological polar surface area (TPSA) is 61.4 Å². The summed E-state index contributed by atoms with van der Waals surface area (Å²) in [6.07, 6.45) is -0.570. The van der Waals surface area contributed by atoms with Crippen LogP contribution in [0.5, 0.6) is 0 Å². The molecule has 0 aliphatic heterocycles. The molecule has 0 heterocycles. The van der Waals surface area contributed by atoms with E-state index in [4.69, 9.17) is 16.7 Å². The Morgan fingerprint density at radius 2 is 2.06 bits per heavy atom. The molecule has 0 bridgehead atoms. The lowest BCUT2D eigenvalue weighted by Gasteiger charge is -2.28. The Morgan fingerprint density at radius 3 is 2.61 bits per heavy atom. The lowest BCUT2D eigenvalue weighted by molar-refractivity contribution is 0.185. The van der Waals surface area contributed by atoms with Gasteiger partial charge in [-0.25, -0.2) is 4.79 Å². The first kappa shape index (κ1) is 14.8. The smallest absolute Gasteiger partial charge is 0.315 e. The number of carbonyl (C=O) groups is 1. The predicted octanol–water partition coefficient (Wildman–Crippen LogP) is 2.26. The SMILES string of the molecule is CC(O)CNC(=O)NC(C)(C)c1ccccc1Cl. The second-order valence-electron chi connectivity index (χ2n) is 4.79. The average Bonchev–Trinajstić information content (AvgIpc) is 2.26. The Balaban J connectivity index is 2.70. The largest absolute Gasteiger partial charge is 0.392 e. The normalized spacial score (nSPS) is 12.9. The molecule has 0 radical (unpaired) electrons. The van der Waals surface area contributed by atoms with Crippen LogP contribution in [0.2, 0.25) is 5.02 Å². The summed E-state index contributed by atoms with van der Waals surface area (Å²) in [7, 11) is 0. The fourth-order valence-corrected chi connectivity index (χ4v) is 1.98. The standard InChI is InChI=1S/C13H19ClN2O2/c1-9(17)8-15-12(18)16-13(2,3)10-6-4-5-7-11(10)14/h4-7,9,17H,8H2,1-3H3,(H2,15,16,18). The number of aliphatic hydroxyl groups excluding tert-OH is 1. The Bertz CT molecular complexity index is 419. The van der Waals surface area contributed by atoms with Crippen molar-refractivity contribution in [1.82, 2.24) is 10.6 Å². The second-order valence-corrected chi connectivity index (χ2v) is 5.20. The highest BCUT2D eigenvalue weighted by Crippen LogP contribution is 2.27. The summed E-state index contributed by atoms with van der Waals surface area (Å²) < 4.78 is 0. The van der Waals surface area contributed by atoms with Gasteiger partial charge in [0.1, 0.15) is 0 Å². The number of aliphatic hydroxyl groups is 1. The number of halogens is 1. The van der Waals surface area contributed by atoms with Gasteiger partial charge in [0.05, 0.1) is 11.6 Å². The summed E-state index contributed by atoms with van der Waals surface area (Å²) in [5.74, 6) is 0. The lowest BCUT2D eigenvalue weighted by atomic mass is 9.94. The summed E-state index contributed by atoms with van der Waals surface area (Å²) in [5, 5.41) is 15.1. The third kappa shape index (κ3) is 4.20. The first-order valence-corrected chi connectivity index (χ1v) is 6.20. The van der Waals surface area contributed by atoms with Crippen LogP contribution in [-0.2, 0) is 5.54 Å². The van der Waals surface area contributed by atoms with Crippen molar-refractivity contribution in [3.8, 4) is 0 Å². The Morgan fingerprint density at radius 1 is 1.44 bits per heavy atom. The molecular weight excluding hydrogens is 252 g/mol. The van der Waals surface area contributed by atoms with E-state index in [2.05, 4.69) is 10.6 Å². The molecule has 2 amide bonds. The van der Waals surface area contributed by atoms with Gasteiger partial charge in [-0.2, -0.15) is 0 Å². The molecule has 0 spiro atoms. The van der Waals surface area contributed by atoms with Gasteiger partial charge in [0.25, 0.3) is 0 Å². The second kappa shape index (κ2) is 6.07.